The van der Waals surface area contributed by atoms with E-state index in [1.54, 1.807) is 29.4 Å². The highest BCUT2D eigenvalue weighted by Gasteiger charge is 2.36. The molecule has 6 nitrogen and oxygen atoms in total. The lowest BCUT2D eigenvalue weighted by molar-refractivity contribution is -0.160. The van der Waals surface area contributed by atoms with Crippen molar-refractivity contribution in [2.75, 3.05) is 11.4 Å². The summed E-state index contributed by atoms with van der Waals surface area (Å²) in [6.45, 7) is 9.99. The zero-order valence-electron chi connectivity index (χ0n) is 20.3. The second-order valence-corrected chi connectivity index (χ2v) is 9.74. The van der Waals surface area contributed by atoms with Gasteiger partial charge in [0.25, 0.3) is 5.91 Å². The van der Waals surface area contributed by atoms with Crippen LogP contribution in [0.25, 0.3) is 11.1 Å². The molecule has 1 amide bonds. The minimum atomic E-state index is -1.13. The fraction of sp³-hybridized carbons (Fsp3) is 0.321. The Kier molecular flexibility index (Phi) is 6.28. The Balaban J connectivity index is 1.93. The first-order valence-corrected chi connectivity index (χ1v) is 11.4. The van der Waals surface area contributed by atoms with Gasteiger partial charge in [-0.05, 0) is 81.5 Å². The highest BCUT2D eigenvalue weighted by Crippen LogP contribution is 2.44. The van der Waals surface area contributed by atoms with E-state index in [0.29, 0.717) is 24.1 Å². The molecule has 34 heavy (non-hydrogen) atoms. The van der Waals surface area contributed by atoms with Crippen molar-refractivity contribution < 1.29 is 19.4 Å². The minimum Gasteiger partial charge on any atom is -0.479 e. The van der Waals surface area contributed by atoms with Crippen molar-refractivity contribution in [2.24, 2.45) is 0 Å². The van der Waals surface area contributed by atoms with Gasteiger partial charge in [-0.1, -0.05) is 29.8 Å². The van der Waals surface area contributed by atoms with Crippen LogP contribution in [0.5, 0.6) is 0 Å². The van der Waals surface area contributed by atoms with Gasteiger partial charge in [0, 0.05) is 35.8 Å². The number of benzene rings is 2. The molecule has 1 N–H and O–H groups in total. The summed E-state index contributed by atoms with van der Waals surface area (Å²) < 4.78 is 6.07. The van der Waals surface area contributed by atoms with Gasteiger partial charge in [0.05, 0.1) is 5.60 Å². The van der Waals surface area contributed by atoms with Crippen LogP contribution < -0.4 is 4.90 Å². The molecule has 0 bridgehead atoms. The third-order valence-electron chi connectivity index (χ3n) is 6.01. The van der Waals surface area contributed by atoms with Crippen molar-refractivity contribution in [1.29, 1.82) is 0 Å². The van der Waals surface area contributed by atoms with Crippen LogP contribution in [-0.4, -0.2) is 34.1 Å². The number of nitrogens with zero attached hydrogens (tertiary/aromatic N) is 2. The molecular weight excluding hydrogens is 428 g/mol. The first-order valence-electron chi connectivity index (χ1n) is 11.4. The first-order chi connectivity index (χ1) is 16.1. The zero-order chi connectivity index (χ0) is 24.6. The number of aliphatic carboxylic acids is 1. The zero-order valence-corrected chi connectivity index (χ0v) is 20.3. The summed E-state index contributed by atoms with van der Waals surface area (Å²) in [5.41, 5.74) is 6.00. The quantitative estimate of drug-likeness (QED) is 0.545. The third-order valence-corrected chi connectivity index (χ3v) is 6.01. The lowest BCUT2D eigenvalue weighted by atomic mass is 9.86. The second kappa shape index (κ2) is 9.03. The number of rotatable bonds is 5. The van der Waals surface area contributed by atoms with Crippen molar-refractivity contribution in [3.8, 4) is 11.1 Å². The molecule has 0 saturated heterocycles. The van der Waals surface area contributed by atoms with Crippen LogP contribution in [0.2, 0.25) is 0 Å². The molecule has 1 aromatic heterocycles. The van der Waals surface area contributed by atoms with Gasteiger partial charge in [0.15, 0.2) is 6.10 Å². The molecule has 6 heteroatoms. The summed E-state index contributed by atoms with van der Waals surface area (Å²) >= 11 is 0. The summed E-state index contributed by atoms with van der Waals surface area (Å²) in [4.78, 5) is 31.5. The van der Waals surface area contributed by atoms with Gasteiger partial charge >= 0.3 is 5.97 Å². The Bertz CT molecular complexity index is 1230. The number of fused-ring (bicyclic) bond motifs is 1. The number of amides is 1. The smallest absolute Gasteiger partial charge is 0.337 e. The molecule has 0 fully saturated rings. The van der Waals surface area contributed by atoms with Crippen LogP contribution in [0.15, 0.2) is 54.9 Å². The van der Waals surface area contributed by atoms with Crippen LogP contribution in [0.4, 0.5) is 5.69 Å². The largest absolute Gasteiger partial charge is 0.479 e. The number of pyridine rings is 1. The van der Waals surface area contributed by atoms with E-state index in [-0.39, 0.29) is 5.91 Å². The van der Waals surface area contributed by atoms with Gasteiger partial charge in [-0.15, -0.1) is 0 Å². The SMILES string of the molecule is Cc1ccc(-c2c3c(cc(C)c2C(OC(C)(C)C)C(=O)O)N(C(=O)c2ccncc2)CC3)cc1. The summed E-state index contributed by atoms with van der Waals surface area (Å²) in [6, 6.07) is 13.4. The molecule has 1 aliphatic rings. The standard InChI is InChI=1S/C28H30N2O4/c1-17-6-8-19(9-7-17)24-21-12-15-30(26(31)20-10-13-29-14-11-20)22(21)16-18(2)23(24)25(27(32)33)34-28(3,4)5/h6-11,13-14,16,25H,12,15H2,1-5H3,(H,32,33). The van der Waals surface area contributed by atoms with E-state index in [1.807, 2.05) is 65.0 Å². The van der Waals surface area contributed by atoms with Gasteiger partial charge in [0.2, 0.25) is 0 Å². The minimum absolute atomic E-state index is 0.0936. The average molecular weight is 459 g/mol. The van der Waals surface area contributed by atoms with Gasteiger partial charge < -0.3 is 14.7 Å². The number of hydrogen-bond acceptors (Lipinski definition) is 4. The molecular formula is C28H30N2O4. The van der Waals surface area contributed by atoms with Crippen LogP contribution >= 0.6 is 0 Å². The van der Waals surface area contributed by atoms with Crippen molar-refractivity contribution in [3.05, 3.63) is 82.7 Å². The molecule has 0 radical (unpaired) electrons. The van der Waals surface area contributed by atoms with E-state index in [2.05, 4.69) is 4.98 Å². The number of carbonyl (C=O) groups is 2. The topological polar surface area (TPSA) is 79.7 Å². The summed E-state index contributed by atoms with van der Waals surface area (Å²) in [6.07, 6.45) is 2.71. The lowest BCUT2D eigenvalue weighted by Gasteiger charge is -2.29. The van der Waals surface area contributed by atoms with Gasteiger partial charge in [-0.2, -0.15) is 0 Å². The van der Waals surface area contributed by atoms with E-state index < -0.39 is 17.7 Å². The highest BCUT2D eigenvalue weighted by atomic mass is 16.5. The Labute approximate surface area is 200 Å². The molecule has 1 unspecified atom stereocenters. The second-order valence-electron chi connectivity index (χ2n) is 9.74. The number of carboxylic acid groups (broad SMARTS) is 1. The Hall–Kier alpha value is -3.51. The van der Waals surface area contributed by atoms with E-state index >= 15 is 0 Å². The normalized spacial score (nSPS) is 14.1. The molecule has 0 aliphatic carbocycles. The molecule has 0 spiro atoms. The van der Waals surface area contributed by atoms with Gasteiger partial charge in [-0.25, -0.2) is 4.79 Å². The van der Waals surface area contributed by atoms with Crippen LogP contribution in [0, 0.1) is 13.8 Å². The molecule has 1 aliphatic heterocycles. The van der Waals surface area contributed by atoms with Crippen LogP contribution in [-0.2, 0) is 16.0 Å². The Morgan fingerprint density at radius 2 is 1.71 bits per heavy atom. The predicted octanol–water partition coefficient (Wildman–Crippen LogP) is 5.51. The number of anilines is 1. The average Bonchev–Trinajstić information content (AvgIpc) is 3.20. The number of aryl methyl sites for hydroxylation is 2. The van der Waals surface area contributed by atoms with Crippen LogP contribution in [0.1, 0.15) is 59.5 Å². The molecule has 0 saturated carbocycles. The Morgan fingerprint density at radius 1 is 1.06 bits per heavy atom. The van der Waals surface area contributed by atoms with Crippen molar-refractivity contribution >= 4 is 17.6 Å². The van der Waals surface area contributed by atoms with Crippen LogP contribution in [0.3, 0.4) is 0 Å². The maximum Gasteiger partial charge on any atom is 0.337 e. The fourth-order valence-corrected chi connectivity index (χ4v) is 4.53. The number of carboxylic acids is 1. The highest BCUT2D eigenvalue weighted by molar-refractivity contribution is 6.08. The monoisotopic (exact) mass is 458 g/mol. The van der Waals surface area contributed by atoms with Crippen molar-refractivity contribution in [3.63, 3.8) is 0 Å². The van der Waals surface area contributed by atoms with Gasteiger partial charge in [-0.3, -0.25) is 9.78 Å². The van der Waals surface area contributed by atoms with Crippen molar-refractivity contribution in [1.82, 2.24) is 4.98 Å². The number of ether oxygens (including phenoxy) is 1. The number of hydrogen-bond donors (Lipinski definition) is 1. The summed E-state index contributed by atoms with van der Waals surface area (Å²) in [7, 11) is 0. The molecule has 176 valence electrons. The molecule has 2 heterocycles. The van der Waals surface area contributed by atoms with E-state index in [0.717, 1.165) is 33.5 Å². The van der Waals surface area contributed by atoms with Gasteiger partial charge in [0.1, 0.15) is 0 Å². The molecule has 1 atom stereocenters. The fourth-order valence-electron chi connectivity index (χ4n) is 4.53. The molecule has 2 aromatic carbocycles. The number of carbonyl (C=O) groups excluding carboxylic acids is 1. The van der Waals surface area contributed by atoms with E-state index in [9.17, 15) is 14.7 Å². The third kappa shape index (κ3) is 4.59. The molecule has 3 aromatic rings. The number of aromatic nitrogens is 1. The van der Waals surface area contributed by atoms with E-state index in [1.165, 1.54) is 0 Å². The maximum atomic E-state index is 13.3. The summed E-state index contributed by atoms with van der Waals surface area (Å²) in [5.74, 6) is -1.13. The first kappa shape index (κ1) is 23.6. The predicted molar refractivity (Wildman–Crippen MR) is 132 cm³/mol. The lowest BCUT2D eigenvalue weighted by Crippen LogP contribution is -2.29. The maximum absolute atomic E-state index is 13.3. The van der Waals surface area contributed by atoms with Crippen molar-refractivity contribution in [2.45, 2.75) is 52.7 Å². The van der Waals surface area contributed by atoms with E-state index in [4.69, 9.17) is 4.74 Å². The summed E-state index contributed by atoms with van der Waals surface area (Å²) in [5, 5.41) is 10.2. The Morgan fingerprint density at radius 3 is 2.29 bits per heavy atom. The molecule has 4 rings (SSSR count).